The number of nitrogens with zero attached hydrogens (tertiary/aromatic N) is 5. The fourth-order valence-electron chi connectivity index (χ4n) is 7.27. The number of benzene rings is 1. The van der Waals surface area contributed by atoms with Crippen LogP contribution in [-0.2, 0) is 44.9 Å². The van der Waals surface area contributed by atoms with E-state index in [0.29, 0.717) is 17.1 Å². The van der Waals surface area contributed by atoms with E-state index in [4.69, 9.17) is 28.7 Å². The minimum atomic E-state index is -1.75. The third-order valence-corrected chi connectivity index (χ3v) is 11.7. The molecule has 0 unspecified atom stereocenters. The number of aliphatic carboxylic acids is 3. The van der Waals surface area contributed by atoms with Crippen LogP contribution < -0.4 is 55.5 Å². The lowest BCUT2D eigenvalue weighted by atomic mass is 9.90. The van der Waals surface area contributed by atoms with Crippen molar-refractivity contribution in [2.24, 2.45) is 50.7 Å². The number of fused-ring (bicyclic) bond motifs is 1. The molecule has 2 aromatic heterocycles. The number of nitrogen functional groups attached to an aromatic ring is 1. The molecule has 2 heterocycles. The number of thiol groups is 1. The van der Waals surface area contributed by atoms with Crippen molar-refractivity contribution in [3.05, 3.63) is 52.1 Å². The van der Waals surface area contributed by atoms with Crippen LogP contribution in [0, 0.1) is 17.8 Å². The maximum atomic E-state index is 13.9. The molecule has 74 heavy (non-hydrogen) atoms. The normalized spacial score (nSPS) is 13.4. The van der Waals surface area contributed by atoms with Gasteiger partial charge in [0.2, 0.25) is 17.8 Å². The third-order valence-electron chi connectivity index (χ3n) is 11.1. The Morgan fingerprint density at radius 2 is 1.26 bits per heavy atom. The number of hydrogen-bond donors (Lipinski definition) is 14. The molecule has 0 aliphatic rings. The minimum Gasteiger partial charge on any atom is -0.481 e. The standard InChI is InChI=1S/C45H63N15O13S/c1-22(21-74)14-32(62)30(17-34(64)65)57-40(70)25(5-3-13-52-44(48)49)16-33(63)31(18-35(66)67)58-39(69)24(4-2-12-51-43(46)47)15-28(61)10-11-29(42(72)73)56-38(68)23-6-8-26(9-7-23)53-19-27-20-54-37-36(55-27)41(71)60-45(50)59-37/h6-9,20,22,24-25,29-31,53,74H,2-5,10-19,21H2,1H3,(H,56,68)(H,57,70)(H,58,69)(H,64,65)(H,66,67)(H,72,73)(H4,46,47,51)(H4,48,49,52)(H3,50,54,59,60,71)/t22-,24+,25+,29-,30-,31-/m1/s1. The maximum absolute atomic E-state index is 13.9. The second kappa shape index (κ2) is 29.9. The maximum Gasteiger partial charge on any atom is 0.326 e. The van der Waals surface area contributed by atoms with Gasteiger partial charge in [-0.2, -0.15) is 17.6 Å². The number of nitrogens with two attached hydrogens (primary N) is 5. The molecular weight excluding hydrogens is 991 g/mol. The van der Waals surface area contributed by atoms with Gasteiger partial charge in [0.15, 0.2) is 34.6 Å². The van der Waals surface area contributed by atoms with E-state index in [1.807, 2.05) is 0 Å². The number of carbonyl (C=O) groups is 9. The van der Waals surface area contributed by atoms with Gasteiger partial charge in [-0.25, -0.2) is 14.8 Å². The van der Waals surface area contributed by atoms with Gasteiger partial charge in [-0.05, 0) is 68.0 Å². The van der Waals surface area contributed by atoms with Gasteiger partial charge in [-0.3, -0.25) is 58.1 Å². The molecule has 6 atom stereocenters. The zero-order valence-electron chi connectivity index (χ0n) is 40.5. The van der Waals surface area contributed by atoms with Crippen molar-refractivity contribution in [1.29, 1.82) is 0 Å². The number of Topliss-reactive ketones (excluding diaryl/α,β-unsaturated/α-hetero) is 3. The van der Waals surface area contributed by atoms with Gasteiger partial charge in [0, 0.05) is 61.9 Å². The summed E-state index contributed by atoms with van der Waals surface area (Å²) in [6.07, 6.45) is -2.45. The number of anilines is 2. The van der Waals surface area contributed by atoms with E-state index >= 15 is 0 Å². The number of hydrogen-bond acceptors (Lipinski definition) is 18. The van der Waals surface area contributed by atoms with E-state index in [-0.39, 0.29) is 92.3 Å². The summed E-state index contributed by atoms with van der Waals surface area (Å²) in [5.41, 5.74) is 27.7. The summed E-state index contributed by atoms with van der Waals surface area (Å²) < 4.78 is 0. The van der Waals surface area contributed by atoms with Crippen LogP contribution in [0.5, 0.6) is 0 Å². The molecular formula is C45H63N15O13S. The summed E-state index contributed by atoms with van der Waals surface area (Å²) in [6, 6.07) is 1.11. The lowest BCUT2D eigenvalue weighted by Gasteiger charge is -2.24. The first-order chi connectivity index (χ1) is 34.9. The molecule has 3 rings (SSSR count). The average Bonchev–Trinajstić information content (AvgIpc) is 3.32. The van der Waals surface area contributed by atoms with Crippen molar-refractivity contribution in [3.8, 4) is 0 Å². The van der Waals surface area contributed by atoms with E-state index in [9.17, 15) is 63.3 Å². The predicted molar refractivity (Wildman–Crippen MR) is 271 cm³/mol. The van der Waals surface area contributed by atoms with E-state index in [0.717, 1.165) is 0 Å². The zero-order chi connectivity index (χ0) is 55.1. The Labute approximate surface area is 428 Å². The molecule has 0 saturated heterocycles. The van der Waals surface area contributed by atoms with Crippen molar-refractivity contribution < 1.29 is 58.5 Å². The van der Waals surface area contributed by atoms with Gasteiger partial charge < -0.3 is 65.3 Å². The van der Waals surface area contributed by atoms with Gasteiger partial charge in [-0.1, -0.05) is 6.92 Å². The number of ketones is 3. The first kappa shape index (κ1) is 60.1. The van der Waals surface area contributed by atoms with Crippen LogP contribution >= 0.6 is 12.6 Å². The molecule has 402 valence electrons. The minimum absolute atomic E-state index is 0.00162. The van der Waals surface area contributed by atoms with Gasteiger partial charge in [0.25, 0.3) is 11.5 Å². The Morgan fingerprint density at radius 3 is 1.77 bits per heavy atom. The topological polar surface area (TPSA) is 489 Å². The molecule has 0 fully saturated rings. The number of carbonyl (C=O) groups excluding carboxylic acids is 6. The predicted octanol–water partition coefficient (Wildman–Crippen LogP) is -1.43. The van der Waals surface area contributed by atoms with Crippen molar-refractivity contribution in [1.82, 2.24) is 35.9 Å². The number of aliphatic imine (C=N–C) groups is 2. The molecule has 0 saturated carbocycles. The lowest BCUT2D eigenvalue weighted by Crippen LogP contribution is -2.48. The number of amides is 3. The summed E-state index contributed by atoms with van der Waals surface area (Å²) in [6.45, 7) is 1.83. The number of carboxylic acids is 3. The number of guanidine groups is 2. The Morgan fingerprint density at radius 1 is 0.716 bits per heavy atom. The molecule has 0 aliphatic carbocycles. The van der Waals surface area contributed by atoms with E-state index in [1.54, 1.807) is 6.92 Å². The van der Waals surface area contributed by atoms with Gasteiger partial charge >= 0.3 is 17.9 Å². The monoisotopic (exact) mass is 1050 g/mol. The Hall–Kier alpha value is -8.24. The number of aromatic amines is 1. The molecule has 3 aromatic rings. The van der Waals surface area contributed by atoms with Gasteiger partial charge in [0.05, 0.1) is 43.4 Å². The van der Waals surface area contributed by atoms with E-state index < -0.39 is 127 Å². The molecule has 29 heteroatoms. The number of H-pyrrole nitrogens is 1. The van der Waals surface area contributed by atoms with Crippen molar-refractivity contribution in [2.45, 2.75) is 102 Å². The second-order valence-corrected chi connectivity index (χ2v) is 17.7. The summed E-state index contributed by atoms with van der Waals surface area (Å²) >= 11 is 4.15. The largest absolute Gasteiger partial charge is 0.481 e. The van der Waals surface area contributed by atoms with Crippen LogP contribution in [-0.4, -0.2) is 137 Å². The molecule has 0 radical (unpaired) electrons. The highest BCUT2D eigenvalue weighted by Crippen LogP contribution is 2.20. The molecule has 0 aliphatic heterocycles. The van der Waals surface area contributed by atoms with E-state index in [2.05, 4.69) is 63.8 Å². The summed E-state index contributed by atoms with van der Waals surface area (Å²) in [5.74, 6) is -12.3. The quantitative estimate of drug-likeness (QED) is 0.0141. The highest BCUT2D eigenvalue weighted by Gasteiger charge is 2.34. The highest BCUT2D eigenvalue weighted by molar-refractivity contribution is 7.80. The fraction of sp³-hybridized carbons (Fsp3) is 0.489. The van der Waals surface area contributed by atoms with Crippen molar-refractivity contribution in [3.63, 3.8) is 0 Å². The third kappa shape index (κ3) is 21.2. The van der Waals surface area contributed by atoms with Gasteiger partial charge in [0.1, 0.15) is 11.8 Å². The molecule has 3 amide bonds. The number of aromatic nitrogens is 4. The average molecular weight is 1050 g/mol. The summed E-state index contributed by atoms with van der Waals surface area (Å²) in [7, 11) is 0. The van der Waals surface area contributed by atoms with Crippen LogP contribution in [0.15, 0.2) is 45.2 Å². The van der Waals surface area contributed by atoms with Crippen LogP contribution in [0.4, 0.5) is 11.6 Å². The van der Waals surface area contributed by atoms with Crippen LogP contribution in [0.25, 0.3) is 11.2 Å². The van der Waals surface area contributed by atoms with E-state index in [1.165, 1.54) is 30.5 Å². The molecule has 28 nitrogen and oxygen atoms in total. The lowest BCUT2D eigenvalue weighted by molar-refractivity contribution is -0.142. The second-order valence-electron chi connectivity index (χ2n) is 17.3. The summed E-state index contributed by atoms with van der Waals surface area (Å²) in [5, 5.41) is 39.5. The number of nitrogens with one attached hydrogen (secondary N) is 5. The number of carboxylic acid groups (broad SMARTS) is 3. The Kier molecular flexibility index (Phi) is 24.3. The Bertz CT molecular complexity index is 2620. The Balaban J connectivity index is 1.73. The van der Waals surface area contributed by atoms with Crippen LogP contribution in [0.2, 0.25) is 0 Å². The molecule has 1 aromatic carbocycles. The highest BCUT2D eigenvalue weighted by atomic mass is 32.1. The SMILES string of the molecule is C[C@@H](CS)CC(=O)[C@@H](CC(=O)O)NC(=O)[C@@H](CCCN=C(N)N)CC(=O)[C@@H](CC(=O)O)NC(=O)[C@@H](CCCN=C(N)N)CC(=O)CC[C@@H](NC(=O)c1ccc(NCc2cnc3nc(N)[nH]c(=O)c3n2)cc1)C(=O)O. The molecule has 18 N–H and O–H groups in total. The van der Waals surface area contributed by atoms with Crippen molar-refractivity contribution >= 4 is 100 Å². The van der Waals surface area contributed by atoms with Gasteiger partial charge in [-0.15, -0.1) is 0 Å². The molecule has 0 bridgehead atoms. The van der Waals surface area contributed by atoms with Crippen molar-refractivity contribution in [2.75, 3.05) is 29.9 Å². The first-order valence-corrected chi connectivity index (χ1v) is 23.8. The first-order valence-electron chi connectivity index (χ1n) is 23.2. The zero-order valence-corrected chi connectivity index (χ0v) is 41.3. The van der Waals surface area contributed by atoms with Crippen LogP contribution in [0.3, 0.4) is 0 Å². The molecule has 0 spiro atoms. The van der Waals surface area contributed by atoms with Crippen LogP contribution in [0.1, 0.15) is 93.6 Å². The fourth-order valence-corrected chi connectivity index (χ4v) is 7.40. The number of rotatable bonds is 34. The smallest absolute Gasteiger partial charge is 0.326 e. The summed E-state index contributed by atoms with van der Waals surface area (Å²) in [4.78, 5) is 152.